The third kappa shape index (κ3) is 5.45. The number of fused-ring (bicyclic) bond motifs is 1. The lowest BCUT2D eigenvalue weighted by Gasteiger charge is -2.35. The van der Waals surface area contributed by atoms with E-state index in [1.54, 1.807) is 0 Å². The minimum Gasteiger partial charge on any atom is -0.379 e. The molecule has 202 valence electrons. The lowest BCUT2D eigenvalue weighted by Crippen LogP contribution is -2.40. The quantitative estimate of drug-likeness (QED) is 0.431. The lowest BCUT2D eigenvalue weighted by atomic mass is 9.88. The Hall–Kier alpha value is -2.90. The van der Waals surface area contributed by atoms with Crippen LogP contribution >= 0.6 is 0 Å². The van der Waals surface area contributed by atoms with Crippen LogP contribution in [0.1, 0.15) is 48.9 Å². The number of likely N-dealkylation sites (N-methyl/N-ethyl adjacent to an activating group) is 1. The van der Waals surface area contributed by atoms with Gasteiger partial charge in [-0.3, -0.25) is 4.90 Å². The predicted molar refractivity (Wildman–Crippen MR) is 157 cm³/mol. The topological polar surface area (TPSA) is 48.0 Å². The van der Waals surface area contributed by atoms with Crippen LogP contribution in [0.5, 0.6) is 0 Å². The van der Waals surface area contributed by atoms with E-state index in [-0.39, 0.29) is 0 Å². The van der Waals surface area contributed by atoms with Crippen molar-refractivity contribution in [3.8, 4) is 0 Å². The Morgan fingerprint density at radius 3 is 2.37 bits per heavy atom. The molecule has 2 aromatic carbocycles. The fourth-order valence-corrected chi connectivity index (χ4v) is 6.01. The SMILES string of the molecule is CN(C)c1ccccc1C1CCN(c2nc(C3CC3)nc3ccc(N(C)CCN4CCOCC4)cc23)CC1. The van der Waals surface area contributed by atoms with E-state index in [4.69, 9.17) is 14.7 Å². The number of benzene rings is 2. The van der Waals surface area contributed by atoms with Crippen molar-refractivity contribution >= 4 is 28.1 Å². The molecule has 0 radical (unpaired) electrons. The molecule has 0 bridgehead atoms. The number of morpholine rings is 1. The first-order valence-electron chi connectivity index (χ1n) is 14.4. The largest absolute Gasteiger partial charge is 0.379 e. The van der Waals surface area contributed by atoms with Gasteiger partial charge < -0.3 is 19.4 Å². The summed E-state index contributed by atoms with van der Waals surface area (Å²) >= 11 is 0. The third-order valence-corrected chi connectivity index (χ3v) is 8.57. The highest BCUT2D eigenvalue weighted by molar-refractivity contribution is 5.92. The van der Waals surface area contributed by atoms with Gasteiger partial charge in [0.15, 0.2) is 0 Å². The summed E-state index contributed by atoms with van der Waals surface area (Å²) in [5, 5.41) is 1.19. The van der Waals surface area contributed by atoms with E-state index in [0.29, 0.717) is 11.8 Å². The third-order valence-electron chi connectivity index (χ3n) is 8.57. The molecule has 0 unspecified atom stereocenters. The predicted octanol–water partition coefficient (Wildman–Crippen LogP) is 4.73. The maximum absolute atomic E-state index is 5.51. The van der Waals surface area contributed by atoms with Gasteiger partial charge in [-0.1, -0.05) is 18.2 Å². The Morgan fingerprint density at radius 2 is 1.63 bits per heavy atom. The van der Waals surface area contributed by atoms with Gasteiger partial charge in [-0.25, -0.2) is 9.97 Å². The van der Waals surface area contributed by atoms with Crippen LogP contribution < -0.4 is 14.7 Å². The van der Waals surface area contributed by atoms with Crippen molar-refractivity contribution in [1.29, 1.82) is 0 Å². The molecule has 2 aliphatic heterocycles. The average molecular weight is 515 g/mol. The molecule has 3 fully saturated rings. The van der Waals surface area contributed by atoms with Crippen LogP contribution in [0.25, 0.3) is 10.9 Å². The molecule has 7 heteroatoms. The molecule has 1 aromatic heterocycles. The van der Waals surface area contributed by atoms with E-state index in [1.165, 1.54) is 35.2 Å². The van der Waals surface area contributed by atoms with Crippen LogP contribution in [0, 0.1) is 0 Å². The molecular formula is C31H42N6O. The van der Waals surface area contributed by atoms with Crippen LogP contribution in [0.3, 0.4) is 0 Å². The van der Waals surface area contributed by atoms with Crippen molar-refractivity contribution in [1.82, 2.24) is 14.9 Å². The number of piperidine rings is 1. The molecule has 1 aliphatic carbocycles. The van der Waals surface area contributed by atoms with E-state index in [2.05, 4.69) is 83.2 Å². The molecule has 3 aliphatic rings. The van der Waals surface area contributed by atoms with Gasteiger partial charge >= 0.3 is 0 Å². The fourth-order valence-electron chi connectivity index (χ4n) is 6.01. The first-order chi connectivity index (χ1) is 18.6. The summed E-state index contributed by atoms with van der Waals surface area (Å²) in [6.45, 7) is 7.87. The van der Waals surface area contributed by atoms with Crippen LogP contribution in [0.15, 0.2) is 42.5 Å². The normalized spacial score (nSPS) is 19.2. The number of ether oxygens (including phenoxy) is 1. The van der Waals surface area contributed by atoms with Gasteiger partial charge in [0.25, 0.3) is 0 Å². The molecule has 6 rings (SSSR count). The molecule has 3 heterocycles. The first kappa shape index (κ1) is 25.4. The summed E-state index contributed by atoms with van der Waals surface area (Å²) in [5.41, 5.74) is 5.15. The number of rotatable bonds is 8. The van der Waals surface area contributed by atoms with Crippen LogP contribution in [0.4, 0.5) is 17.2 Å². The van der Waals surface area contributed by atoms with Gasteiger partial charge in [0.05, 0.1) is 18.7 Å². The number of hydrogen-bond donors (Lipinski definition) is 0. The highest BCUT2D eigenvalue weighted by Gasteiger charge is 2.30. The van der Waals surface area contributed by atoms with Gasteiger partial charge in [0.1, 0.15) is 11.6 Å². The molecule has 3 aromatic rings. The maximum atomic E-state index is 5.51. The van der Waals surface area contributed by atoms with E-state index < -0.39 is 0 Å². The second kappa shape index (κ2) is 11.1. The second-order valence-electron chi connectivity index (χ2n) is 11.5. The summed E-state index contributed by atoms with van der Waals surface area (Å²) in [6, 6.07) is 15.7. The number of nitrogens with zero attached hydrogens (tertiary/aromatic N) is 6. The minimum absolute atomic E-state index is 0.540. The molecule has 1 saturated carbocycles. The van der Waals surface area contributed by atoms with Crippen molar-refractivity contribution in [3.05, 3.63) is 53.9 Å². The Morgan fingerprint density at radius 1 is 0.868 bits per heavy atom. The van der Waals surface area contributed by atoms with Gasteiger partial charge in [0, 0.05) is 83.1 Å². The van der Waals surface area contributed by atoms with Crippen molar-refractivity contribution in [3.63, 3.8) is 0 Å². The summed E-state index contributed by atoms with van der Waals surface area (Å²) in [4.78, 5) is 19.9. The van der Waals surface area contributed by atoms with Crippen molar-refractivity contribution < 1.29 is 4.74 Å². The van der Waals surface area contributed by atoms with Gasteiger partial charge in [-0.15, -0.1) is 0 Å². The Kier molecular flexibility index (Phi) is 7.39. The Bertz CT molecular complexity index is 1240. The summed E-state index contributed by atoms with van der Waals surface area (Å²) in [6.07, 6.45) is 4.73. The minimum atomic E-state index is 0.540. The number of hydrogen-bond acceptors (Lipinski definition) is 7. The highest BCUT2D eigenvalue weighted by atomic mass is 16.5. The molecule has 7 nitrogen and oxygen atoms in total. The summed E-state index contributed by atoms with van der Waals surface area (Å²) < 4.78 is 5.51. The van der Waals surface area contributed by atoms with Crippen LogP contribution in [-0.2, 0) is 4.74 Å². The first-order valence-corrected chi connectivity index (χ1v) is 14.4. The van der Waals surface area contributed by atoms with Crippen molar-refractivity contribution in [2.75, 3.05) is 88.3 Å². The molecular weight excluding hydrogens is 472 g/mol. The van der Waals surface area contributed by atoms with E-state index in [9.17, 15) is 0 Å². The zero-order valence-corrected chi connectivity index (χ0v) is 23.3. The van der Waals surface area contributed by atoms with Crippen LogP contribution in [-0.4, -0.2) is 88.5 Å². The van der Waals surface area contributed by atoms with Gasteiger partial charge in [-0.05, 0) is 61.4 Å². The molecule has 0 N–H and O–H groups in total. The van der Waals surface area contributed by atoms with Crippen molar-refractivity contribution in [2.45, 2.75) is 37.5 Å². The monoisotopic (exact) mass is 514 g/mol. The molecule has 38 heavy (non-hydrogen) atoms. The zero-order chi connectivity index (χ0) is 26.1. The maximum Gasteiger partial charge on any atom is 0.140 e. The molecule has 2 saturated heterocycles. The van der Waals surface area contributed by atoms with Gasteiger partial charge in [0.2, 0.25) is 0 Å². The summed E-state index contributed by atoms with van der Waals surface area (Å²) in [5.74, 6) is 3.31. The number of para-hydroxylation sites is 1. The Labute approximate surface area is 227 Å². The molecule has 0 atom stereocenters. The fraction of sp³-hybridized carbons (Fsp3) is 0.548. The van der Waals surface area contributed by atoms with E-state index in [0.717, 1.165) is 82.5 Å². The zero-order valence-electron chi connectivity index (χ0n) is 23.3. The summed E-state index contributed by atoms with van der Waals surface area (Å²) in [7, 11) is 6.50. The van der Waals surface area contributed by atoms with Crippen LogP contribution in [0.2, 0.25) is 0 Å². The van der Waals surface area contributed by atoms with E-state index >= 15 is 0 Å². The lowest BCUT2D eigenvalue weighted by molar-refractivity contribution is 0.0393. The number of aromatic nitrogens is 2. The smallest absolute Gasteiger partial charge is 0.140 e. The number of anilines is 3. The van der Waals surface area contributed by atoms with E-state index in [1.807, 2.05) is 0 Å². The molecule has 0 amide bonds. The van der Waals surface area contributed by atoms with Gasteiger partial charge in [-0.2, -0.15) is 0 Å². The van der Waals surface area contributed by atoms with Crippen molar-refractivity contribution in [2.24, 2.45) is 0 Å². The Balaban J connectivity index is 1.23. The standard InChI is InChI=1S/C31H42N6O/c1-34(2)29-7-5-4-6-26(29)23-12-14-37(15-13-23)31-27-22-25(35(3)16-17-36-18-20-38-21-19-36)10-11-28(27)32-30(33-31)24-8-9-24/h4-7,10-11,22-24H,8-9,12-21H2,1-3H3. The molecule has 0 spiro atoms. The average Bonchev–Trinajstić information content (AvgIpc) is 3.81. The second-order valence-corrected chi connectivity index (χ2v) is 11.5. The highest BCUT2D eigenvalue weighted by Crippen LogP contribution is 2.41.